The van der Waals surface area contributed by atoms with E-state index >= 15 is 0 Å². The van der Waals surface area contributed by atoms with Gasteiger partial charge in [0, 0.05) is 35.0 Å². The van der Waals surface area contributed by atoms with E-state index in [1.165, 1.54) is 12.4 Å². The van der Waals surface area contributed by atoms with Gasteiger partial charge in [-0.15, -0.1) is 0 Å². The van der Waals surface area contributed by atoms with Crippen LogP contribution in [0, 0.1) is 6.92 Å². The third-order valence-corrected chi connectivity index (χ3v) is 8.51. The molecule has 0 saturated carbocycles. The SMILES string of the molecule is Cc1ccc(-n2nc(C(C)(C)C)cc2NC(=O)Nc2ccc(OCc3ccnc(Nc4cnc(C(=O)NCCC(C)(C)O)cn4)c3)c3ccccc23)cc1. The van der Waals surface area contributed by atoms with E-state index in [0.29, 0.717) is 41.9 Å². The van der Waals surface area contributed by atoms with Gasteiger partial charge in [-0.3, -0.25) is 10.1 Å². The van der Waals surface area contributed by atoms with Crippen LogP contribution in [0.1, 0.15) is 68.3 Å². The van der Waals surface area contributed by atoms with Crippen LogP contribution < -0.4 is 26.0 Å². The van der Waals surface area contributed by atoms with Crippen molar-refractivity contribution >= 4 is 45.9 Å². The minimum absolute atomic E-state index is 0.167. The molecule has 0 atom stereocenters. The van der Waals surface area contributed by atoms with Gasteiger partial charge >= 0.3 is 6.03 Å². The highest BCUT2D eigenvalue weighted by atomic mass is 16.5. The van der Waals surface area contributed by atoms with E-state index in [-0.39, 0.29) is 23.6 Å². The summed E-state index contributed by atoms with van der Waals surface area (Å²) in [7, 11) is 0. The quantitative estimate of drug-likeness (QED) is 0.0849. The summed E-state index contributed by atoms with van der Waals surface area (Å²) in [6.45, 7) is 12.2. The normalized spacial score (nSPS) is 11.6. The molecule has 278 valence electrons. The summed E-state index contributed by atoms with van der Waals surface area (Å²) >= 11 is 0. The Morgan fingerprint density at radius 3 is 2.30 bits per heavy atom. The number of rotatable bonds is 12. The number of carbonyl (C=O) groups excluding carboxylic acids is 2. The number of urea groups is 1. The summed E-state index contributed by atoms with van der Waals surface area (Å²) in [5, 5.41) is 28.2. The van der Waals surface area contributed by atoms with Gasteiger partial charge < -0.3 is 25.8 Å². The second-order valence-corrected chi connectivity index (χ2v) is 14.7. The van der Waals surface area contributed by atoms with Gasteiger partial charge in [-0.2, -0.15) is 5.10 Å². The molecule has 0 aliphatic heterocycles. The number of anilines is 4. The lowest BCUT2D eigenvalue weighted by Crippen LogP contribution is -2.31. The molecule has 3 heterocycles. The monoisotopic (exact) mass is 727 g/mol. The van der Waals surface area contributed by atoms with E-state index in [2.05, 4.69) is 57.0 Å². The van der Waals surface area contributed by atoms with Gasteiger partial charge in [-0.25, -0.2) is 24.4 Å². The largest absolute Gasteiger partial charge is 0.488 e. The van der Waals surface area contributed by atoms with Crippen LogP contribution in [0.15, 0.2) is 97.5 Å². The molecule has 13 heteroatoms. The molecule has 3 amide bonds. The predicted molar refractivity (Wildman–Crippen MR) is 211 cm³/mol. The molecule has 0 unspecified atom stereocenters. The number of hydrogen-bond acceptors (Lipinski definition) is 9. The molecule has 0 fully saturated rings. The number of aliphatic hydroxyl groups is 1. The molecule has 13 nitrogen and oxygen atoms in total. The van der Waals surface area contributed by atoms with Crippen LogP contribution in [0.2, 0.25) is 0 Å². The molecule has 0 spiro atoms. The van der Waals surface area contributed by atoms with Crippen LogP contribution in [-0.2, 0) is 12.0 Å². The lowest BCUT2D eigenvalue weighted by molar-refractivity contribution is 0.0692. The van der Waals surface area contributed by atoms with E-state index < -0.39 is 11.6 Å². The maximum atomic E-state index is 13.5. The topological polar surface area (TPSA) is 168 Å². The third-order valence-electron chi connectivity index (χ3n) is 8.51. The molecule has 0 radical (unpaired) electrons. The molecule has 6 aromatic rings. The number of carbonyl (C=O) groups is 2. The average molecular weight is 728 g/mol. The first kappa shape index (κ1) is 37.4. The van der Waals surface area contributed by atoms with Crippen LogP contribution in [0.4, 0.5) is 27.9 Å². The molecular weight excluding hydrogens is 683 g/mol. The zero-order valence-corrected chi connectivity index (χ0v) is 31.3. The van der Waals surface area contributed by atoms with Gasteiger partial charge in [0.05, 0.1) is 35.1 Å². The highest BCUT2D eigenvalue weighted by molar-refractivity contribution is 6.07. The third kappa shape index (κ3) is 9.55. The number of nitrogens with one attached hydrogen (secondary N) is 4. The molecule has 3 aromatic heterocycles. The molecule has 0 aliphatic carbocycles. The molecule has 0 aliphatic rings. The van der Waals surface area contributed by atoms with Crippen molar-refractivity contribution in [3.8, 4) is 11.4 Å². The fourth-order valence-electron chi connectivity index (χ4n) is 5.50. The number of nitrogens with zero attached hydrogens (tertiary/aromatic N) is 5. The first-order valence-electron chi connectivity index (χ1n) is 17.7. The van der Waals surface area contributed by atoms with Gasteiger partial charge in [0.2, 0.25) is 0 Å². The van der Waals surface area contributed by atoms with Crippen LogP contribution in [0.5, 0.6) is 5.75 Å². The number of amides is 3. The molecule has 54 heavy (non-hydrogen) atoms. The summed E-state index contributed by atoms with van der Waals surface area (Å²) < 4.78 is 8.04. The number of fused-ring (bicyclic) bond motifs is 1. The minimum Gasteiger partial charge on any atom is -0.488 e. The van der Waals surface area contributed by atoms with E-state index in [0.717, 1.165) is 33.3 Å². The first-order valence-corrected chi connectivity index (χ1v) is 17.7. The van der Waals surface area contributed by atoms with Gasteiger partial charge in [-0.05, 0) is 69.2 Å². The molecule has 5 N–H and O–H groups in total. The Balaban J connectivity index is 1.11. The average Bonchev–Trinajstić information content (AvgIpc) is 3.56. The Morgan fingerprint density at radius 1 is 0.833 bits per heavy atom. The van der Waals surface area contributed by atoms with Crippen molar-refractivity contribution < 1.29 is 19.4 Å². The number of aryl methyl sites for hydroxylation is 1. The molecule has 0 bridgehead atoms. The minimum atomic E-state index is -0.873. The van der Waals surface area contributed by atoms with E-state index in [4.69, 9.17) is 9.84 Å². The smallest absolute Gasteiger partial charge is 0.324 e. The molecule has 3 aromatic carbocycles. The van der Waals surface area contributed by atoms with Crippen molar-refractivity contribution in [2.24, 2.45) is 0 Å². The van der Waals surface area contributed by atoms with Crippen LogP contribution >= 0.6 is 0 Å². The van der Waals surface area contributed by atoms with E-state index in [1.54, 1.807) is 24.7 Å². The van der Waals surface area contributed by atoms with Gasteiger partial charge in [0.1, 0.15) is 35.5 Å². The first-order chi connectivity index (χ1) is 25.7. The lowest BCUT2D eigenvalue weighted by Gasteiger charge is -2.16. The number of ether oxygens (including phenoxy) is 1. The van der Waals surface area contributed by atoms with Gasteiger partial charge in [0.15, 0.2) is 0 Å². The Kier molecular flexibility index (Phi) is 10.9. The maximum absolute atomic E-state index is 13.5. The fourth-order valence-corrected chi connectivity index (χ4v) is 5.50. The van der Waals surface area contributed by atoms with Crippen LogP contribution in [-0.4, -0.2) is 53.9 Å². The number of aromatic nitrogens is 5. The second-order valence-electron chi connectivity index (χ2n) is 14.7. The van der Waals surface area contributed by atoms with Gasteiger partial charge in [0.25, 0.3) is 5.91 Å². The molecule has 6 rings (SSSR count). The van der Waals surface area contributed by atoms with Crippen molar-refractivity contribution in [1.82, 2.24) is 30.0 Å². The Hall–Kier alpha value is -6.34. The summed E-state index contributed by atoms with van der Waals surface area (Å²) in [5.74, 6) is 1.79. The second kappa shape index (κ2) is 15.7. The maximum Gasteiger partial charge on any atom is 0.324 e. The van der Waals surface area contributed by atoms with Crippen molar-refractivity contribution in [3.05, 3.63) is 120 Å². The van der Waals surface area contributed by atoms with Crippen molar-refractivity contribution in [2.75, 3.05) is 22.5 Å². The summed E-state index contributed by atoms with van der Waals surface area (Å²) in [6, 6.07) is 24.6. The van der Waals surface area contributed by atoms with E-state index in [9.17, 15) is 14.7 Å². The van der Waals surface area contributed by atoms with Crippen molar-refractivity contribution in [1.29, 1.82) is 0 Å². The highest BCUT2D eigenvalue weighted by Crippen LogP contribution is 2.33. The summed E-state index contributed by atoms with van der Waals surface area (Å²) in [4.78, 5) is 38.7. The van der Waals surface area contributed by atoms with Crippen LogP contribution in [0.25, 0.3) is 16.5 Å². The standard InChI is InChI=1S/C41H45N9O4/c1-26-11-13-28(14-12-26)50-37(22-34(49-50)40(2,3)4)48-39(52)46-31-15-16-33(30-10-8-7-9-29(30)31)54-25-27-17-19-42-35(21-27)47-36-24-44-32(23-45-36)38(51)43-20-18-41(5,6)53/h7-17,19,21-24,53H,18,20,25H2,1-6H3,(H,43,51)(H,42,45,47)(H2,46,48,52). The van der Waals surface area contributed by atoms with Crippen molar-refractivity contribution in [2.45, 2.75) is 65.6 Å². The van der Waals surface area contributed by atoms with E-state index in [1.807, 2.05) is 85.8 Å². The number of pyridine rings is 1. The Morgan fingerprint density at radius 2 is 1.59 bits per heavy atom. The van der Waals surface area contributed by atoms with Crippen molar-refractivity contribution in [3.63, 3.8) is 0 Å². The molecular formula is C41H45N9O4. The summed E-state index contributed by atoms with van der Waals surface area (Å²) in [5.41, 5.74) is 3.39. The number of hydrogen-bond donors (Lipinski definition) is 5. The fraction of sp³-hybridized carbons (Fsp3) is 0.268. The Labute approximate surface area is 314 Å². The van der Waals surface area contributed by atoms with Gasteiger partial charge in [-0.1, -0.05) is 62.7 Å². The van der Waals surface area contributed by atoms with Crippen LogP contribution in [0.3, 0.4) is 0 Å². The predicted octanol–water partition coefficient (Wildman–Crippen LogP) is 7.67. The molecule has 0 saturated heterocycles. The zero-order valence-electron chi connectivity index (χ0n) is 31.3. The number of benzene rings is 3. The summed E-state index contributed by atoms with van der Waals surface area (Å²) in [6.07, 6.45) is 4.92. The highest BCUT2D eigenvalue weighted by Gasteiger charge is 2.22. The Bertz CT molecular complexity index is 2250. The zero-order chi connectivity index (χ0) is 38.5. The lowest BCUT2D eigenvalue weighted by atomic mass is 9.92.